The van der Waals surface area contributed by atoms with Crippen molar-refractivity contribution in [3.63, 3.8) is 0 Å². The molecule has 0 saturated carbocycles. The van der Waals surface area contributed by atoms with Crippen LogP contribution in [0, 0.1) is 9.12 Å². The zero-order valence-electron chi connectivity index (χ0n) is 8.16. The SMILES string of the molecule is CC1(C)C=Cc2ncnc(I)c2C=C1. The van der Waals surface area contributed by atoms with Gasteiger partial charge in [-0.25, -0.2) is 9.97 Å². The van der Waals surface area contributed by atoms with Crippen molar-refractivity contribution in [1.29, 1.82) is 0 Å². The van der Waals surface area contributed by atoms with E-state index in [9.17, 15) is 0 Å². The zero-order valence-corrected chi connectivity index (χ0v) is 10.3. The lowest BCUT2D eigenvalue weighted by Crippen LogP contribution is -2.00. The van der Waals surface area contributed by atoms with Crippen LogP contribution in [0.25, 0.3) is 12.2 Å². The lowest BCUT2D eigenvalue weighted by Gasteiger charge is -2.11. The molecule has 0 radical (unpaired) electrons. The molecule has 14 heavy (non-hydrogen) atoms. The number of halogens is 1. The Bertz CT molecular complexity index is 419. The Morgan fingerprint density at radius 3 is 2.64 bits per heavy atom. The van der Waals surface area contributed by atoms with Crippen LogP contribution in [0.15, 0.2) is 18.5 Å². The normalized spacial score (nSPS) is 17.6. The standard InChI is InChI=1S/C11H11IN2/c1-11(2)5-3-8-9(4-6-11)13-7-14-10(8)12/h3-7H,1-2H3. The van der Waals surface area contributed by atoms with Gasteiger partial charge in [-0.2, -0.15) is 0 Å². The van der Waals surface area contributed by atoms with Gasteiger partial charge in [0.25, 0.3) is 0 Å². The smallest absolute Gasteiger partial charge is 0.117 e. The van der Waals surface area contributed by atoms with Crippen LogP contribution in [0.5, 0.6) is 0 Å². The number of hydrogen-bond acceptors (Lipinski definition) is 2. The van der Waals surface area contributed by atoms with Crippen LogP contribution in [0.2, 0.25) is 0 Å². The van der Waals surface area contributed by atoms with Crippen molar-refractivity contribution in [2.24, 2.45) is 5.41 Å². The topological polar surface area (TPSA) is 25.8 Å². The Balaban J connectivity index is 2.60. The van der Waals surface area contributed by atoms with Gasteiger partial charge in [0.1, 0.15) is 10.0 Å². The average molecular weight is 298 g/mol. The third-order valence-electron chi connectivity index (χ3n) is 2.22. The second kappa shape index (κ2) is 3.46. The largest absolute Gasteiger partial charge is 0.236 e. The molecule has 0 N–H and O–H groups in total. The molecular weight excluding hydrogens is 287 g/mol. The Kier molecular flexibility index (Phi) is 2.43. The first-order valence-corrected chi connectivity index (χ1v) is 5.55. The predicted molar refractivity (Wildman–Crippen MR) is 66.6 cm³/mol. The van der Waals surface area contributed by atoms with Gasteiger partial charge < -0.3 is 0 Å². The molecule has 0 amide bonds. The van der Waals surface area contributed by atoms with E-state index in [0.717, 1.165) is 15.0 Å². The monoisotopic (exact) mass is 298 g/mol. The van der Waals surface area contributed by atoms with E-state index in [2.05, 4.69) is 70.7 Å². The van der Waals surface area contributed by atoms with Gasteiger partial charge in [-0.15, -0.1) is 0 Å². The van der Waals surface area contributed by atoms with E-state index in [4.69, 9.17) is 0 Å². The number of hydrogen-bond donors (Lipinski definition) is 0. The van der Waals surface area contributed by atoms with E-state index in [1.165, 1.54) is 0 Å². The summed E-state index contributed by atoms with van der Waals surface area (Å²) in [5.74, 6) is 0. The highest BCUT2D eigenvalue weighted by molar-refractivity contribution is 14.1. The molecule has 0 spiro atoms. The zero-order chi connectivity index (χ0) is 10.2. The van der Waals surface area contributed by atoms with E-state index >= 15 is 0 Å². The van der Waals surface area contributed by atoms with Crippen molar-refractivity contribution >= 4 is 34.7 Å². The number of rotatable bonds is 0. The second-order valence-electron chi connectivity index (χ2n) is 3.95. The van der Waals surface area contributed by atoms with Crippen LogP contribution in [-0.4, -0.2) is 9.97 Å². The van der Waals surface area contributed by atoms with Gasteiger partial charge in [-0.3, -0.25) is 0 Å². The van der Waals surface area contributed by atoms with Crippen LogP contribution in [0.3, 0.4) is 0 Å². The summed E-state index contributed by atoms with van der Waals surface area (Å²) in [6.45, 7) is 4.35. The van der Waals surface area contributed by atoms with Crippen molar-refractivity contribution in [2.75, 3.05) is 0 Å². The fraction of sp³-hybridized carbons (Fsp3) is 0.273. The number of fused-ring (bicyclic) bond motifs is 1. The van der Waals surface area contributed by atoms with Crippen molar-refractivity contribution in [3.8, 4) is 0 Å². The molecule has 0 aromatic carbocycles. The third kappa shape index (κ3) is 1.87. The molecule has 2 rings (SSSR count). The molecule has 72 valence electrons. The summed E-state index contributed by atoms with van der Waals surface area (Å²) in [6.07, 6.45) is 10.1. The highest BCUT2D eigenvalue weighted by Crippen LogP contribution is 2.27. The molecule has 0 saturated heterocycles. The maximum absolute atomic E-state index is 4.25. The van der Waals surface area contributed by atoms with E-state index in [-0.39, 0.29) is 5.41 Å². The highest BCUT2D eigenvalue weighted by Gasteiger charge is 2.14. The first-order valence-electron chi connectivity index (χ1n) is 4.47. The molecule has 0 atom stereocenters. The van der Waals surface area contributed by atoms with Crippen molar-refractivity contribution in [1.82, 2.24) is 9.97 Å². The molecule has 0 aliphatic heterocycles. The van der Waals surface area contributed by atoms with Gasteiger partial charge in [0.2, 0.25) is 0 Å². The lowest BCUT2D eigenvalue weighted by atomic mass is 9.93. The first kappa shape index (κ1) is 9.83. The van der Waals surface area contributed by atoms with Crippen LogP contribution >= 0.6 is 22.6 Å². The third-order valence-corrected chi connectivity index (χ3v) is 3.08. The summed E-state index contributed by atoms with van der Waals surface area (Å²) >= 11 is 2.24. The summed E-state index contributed by atoms with van der Waals surface area (Å²) < 4.78 is 1.01. The number of allylic oxidation sites excluding steroid dienone is 2. The van der Waals surface area contributed by atoms with Crippen LogP contribution in [0.4, 0.5) is 0 Å². The quantitative estimate of drug-likeness (QED) is 0.543. The molecule has 1 aromatic rings. The summed E-state index contributed by atoms with van der Waals surface area (Å²) in [5.41, 5.74) is 2.23. The minimum absolute atomic E-state index is 0.101. The maximum Gasteiger partial charge on any atom is 0.117 e. The summed E-state index contributed by atoms with van der Waals surface area (Å²) in [4.78, 5) is 8.42. The van der Waals surface area contributed by atoms with Gasteiger partial charge in [0, 0.05) is 11.0 Å². The number of aromatic nitrogens is 2. The van der Waals surface area contributed by atoms with Gasteiger partial charge in [-0.05, 0) is 28.7 Å². The van der Waals surface area contributed by atoms with E-state index in [0.29, 0.717) is 0 Å². The second-order valence-corrected chi connectivity index (χ2v) is 4.97. The van der Waals surface area contributed by atoms with Crippen molar-refractivity contribution in [3.05, 3.63) is 33.4 Å². The minimum atomic E-state index is 0.101. The molecule has 1 aliphatic rings. The van der Waals surface area contributed by atoms with Crippen LogP contribution < -0.4 is 0 Å². The van der Waals surface area contributed by atoms with Crippen LogP contribution in [-0.2, 0) is 0 Å². The van der Waals surface area contributed by atoms with E-state index in [1.807, 2.05) is 0 Å². The molecule has 3 heteroatoms. The lowest BCUT2D eigenvalue weighted by molar-refractivity contribution is 0.633. The fourth-order valence-electron chi connectivity index (χ4n) is 1.32. The first-order chi connectivity index (χ1) is 6.58. The van der Waals surface area contributed by atoms with Crippen molar-refractivity contribution < 1.29 is 0 Å². The van der Waals surface area contributed by atoms with Crippen molar-refractivity contribution in [2.45, 2.75) is 13.8 Å². The van der Waals surface area contributed by atoms with Gasteiger partial charge in [-0.1, -0.05) is 32.1 Å². The predicted octanol–water partition coefficient (Wildman–Crippen LogP) is 3.15. The van der Waals surface area contributed by atoms with Gasteiger partial charge in [0.15, 0.2) is 0 Å². The fourth-order valence-corrected chi connectivity index (χ4v) is 1.90. The van der Waals surface area contributed by atoms with E-state index < -0.39 is 0 Å². The minimum Gasteiger partial charge on any atom is -0.236 e. The molecule has 0 unspecified atom stereocenters. The van der Waals surface area contributed by atoms with E-state index in [1.54, 1.807) is 6.33 Å². The highest BCUT2D eigenvalue weighted by atomic mass is 127. The molecule has 1 aliphatic carbocycles. The van der Waals surface area contributed by atoms with Gasteiger partial charge in [0.05, 0.1) is 5.69 Å². The van der Waals surface area contributed by atoms with Gasteiger partial charge >= 0.3 is 0 Å². The van der Waals surface area contributed by atoms with Crippen LogP contribution in [0.1, 0.15) is 25.1 Å². The number of nitrogens with zero attached hydrogens (tertiary/aromatic N) is 2. The molecule has 0 fully saturated rings. The molecule has 1 aromatic heterocycles. The molecule has 1 heterocycles. The summed E-state index contributed by atoms with van der Waals surface area (Å²) in [5, 5.41) is 0. The molecule has 0 bridgehead atoms. The average Bonchev–Trinajstić information content (AvgIpc) is 2.27. The molecular formula is C11H11IN2. The maximum atomic E-state index is 4.25. The molecule has 2 nitrogen and oxygen atoms in total. The Labute approximate surface area is 97.3 Å². The Morgan fingerprint density at radius 2 is 1.86 bits per heavy atom. The summed E-state index contributed by atoms with van der Waals surface area (Å²) in [7, 11) is 0. The Morgan fingerprint density at radius 1 is 1.14 bits per heavy atom. The Hall–Kier alpha value is -0.710. The summed E-state index contributed by atoms with van der Waals surface area (Å²) in [6, 6.07) is 0.